The van der Waals surface area contributed by atoms with Crippen LogP contribution in [-0.2, 0) is 4.74 Å². The first kappa shape index (κ1) is 12.1. The van der Waals surface area contributed by atoms with Crippen LogP contribution in [0.5, 0.6) is 0 Å². The fourth-order valence-corrected chi connectivity index (χ4v) is 1.09. The highest BCUT2D eigenvalue weighted by atomic mass is 79.9. The lowest BCUT2D eigenvalue weighted by atomic mass is 10.4. The fourth-order valence-electron chi connectivity index (χ4n) is 0.885. The van der Waals surface area contributed by atoms with Gasteiger partial charge in [0.2, 0.25) is 5.95 Å². The third-order valence-corrected chi connectivity index (χ3v) is 1.91. The Kier molecular flexibility index (Phi) is 5.28. The zero-order valence-corrected chi connectivity index (χ0v) is 10.2. The van der Waals surface area contributed by atoms with Gasteiger partial charge in [-0.25, -0.2) is 9.97 Å². The molecule has 0 saturated carbocycles. The van der Waals surface area contributed by atoms with Gasteiger partial charge in [0.05, 0.1) is 17.7 Å². The summed E-state index contributed by atoms with van der Waals surface area (Å²) >= 11 is 3.27. The third kappa shape index (κ3) is 5.49. The van der Waals surface area contributed by atoms with Crippen molar-refractivity contribution >= 4 is 21.9 Å². The molecule has 0 aliphatic heterocycles. The molecule has 5 heteroatoms. The Bertz CT molecular complexity index is 313. The fraction of sp³-hybridized carbons (Fsp3) is 0.400. The summed E-state index contributed by atoms with van der Waals surface area (Å²) in [6.07, 6.45) is 3.40. The Hall–Kier alpha value is -0.940. The monoisotopic (exact) mass is 271 g/mol. The number of anilines is 1. The van der Waals surface area contributed by atoms with E-state index in [1.54, 1.807) is 12.4 Å². The maximum absolute atomic E-state index is 5.31. The SMILES string of the molecule is C=C(C)COCCNc1ncc(Br)cn1. The molecule has 0 fully saturated rings. The topological polar surface area (TPSA) is 47.0 Å². The lowest BCUT2D eigenvalue weighted by molar-refractivity contribution is 0.167. The van der Waals surface area contributed by atoms with Crippen molar-refractivity contribution in [1.29, 1.82) is 0 Å². The summed E-state index contributed by atoms with van der Waals surface area (Å²) in [6.45, 7) is 7.59. The largest absolute Gasteiger partial charge is 0.375 e. The van der Waals surface area contributed by atoms with Gasteiger partial charge in [0.15, 0.2) is 0 Å². The van der Waals surface area contributed by atoms with Gasteiger partial charge < -0.3 is 10.1 Å². The minimum absolute atomic E-state index is 0.600. The highest BCUT2D eigenvalue weighted by molar-refractivity contribution is 9.10. The number of nitrogens with one attached hydrogen (secondary N) is 1. The summed E-state index contributed by atoms with van der Waals surface area (Å²) in [7, 11) is 0. The van der Waals surface area contributed by atoms with Crippen LogP contribution in [0.2, 0.25) is 0 Å². The van der Waals surface area contributed by atoms with Crippen LogP contribution in [0.3, 0.4) is 0 Å². The van der Waals surface area contributed by atoms with E-state index >= 15 is 0 Å². The van der Waals surface area contributed by atoms with Crippen LogP contribution in [0.15, 0.2) is 29.0 Å². The van der Waals surface area contributed by atoms with Gasteiger partial charge in [-0.1, -0.05) is 12.2 Å². The Morgan fingerprint density at radius 2 is 2.20 bits per heavy atom. The molecule has 0 radical (unpaired) electrons. The van der Waals surface area contributed by atoms with Gasteiger partial charge in [0, 0.05) is 18.9 Å². The van der Waals surface area contributed by atoms with E-state index in [-0.39, 0.29) is 0 Å². The van der Waals surface area contributed by atoms with Gasteiger partial charge in [0.25, 0.3) is 0 Å². The number of hydrogen-bond acceptors (Lipinski definition) is 4. The first-order valence-electron chi connectivity index (χ1n) is 4.62. The van der Waals surface area contributed by atoms with E-state index in [1.807, 2.05) is 6.92 Å². The van der Waals surface area contributed by atoms with E-state index < -0.39 is 0 Å². The summed E-state index contributed by atoms with van der Waals surface area (Å²) in [4.78, 5) is 8.14. The van der Waals surface area contributed by atoms with Crippen molar-refractivity contribution in [2.45, 2.75) is 6.92 Å². The number of aromatic nitrogens is 2. The first-order chi connectivity index (χ1) is 7.18. The molecule has 1 heterocycles. The summed E-state index contributed by atoms with van der Waals surface area (Å²) in [5, 5.41) is 3.05. The minimum atomic E-state index is 0.600. The van der Waals surface area contributed by atoms with Crippen LogP contribution in [-0.4, -0.2) is 29.7 Å². The minimum Gasteiger partial charge on any atom is -0.375 e. The van der Waals surface area contributed by atoms with Crippen LogP contribution >= 0.6 is 15.9 Å². The molecule has 0 bridgehead atoms. The van der Waals surface area contributed by atoms with Gasteiger partial charge in [-0.05, 0) is 22.9 Å². The van der Waals surface area contributed by atoms with Gasteiger partial charge in [-0.15, -0.1) is 0 Å². The Balaban J connectivity index is 2.15. The molecule has 0 aliphatic rings. The lowest BCUT2D eigenvalue weighted by Gasteiger charge is -2.05. The van der Waals surface area contributed by atoms with Crippen LogP contribution in [0.1, 0.15) is 6.92 Å². The van der Waals surface area contributed by atoms with Gasteiger partial charge in [-0.2, -0.15) is 0 Å². The van der Waals surface area contributed by atoms with Crippen LogP contribution < -0.4 is 5.32 Å². The van der Waals surface area contributed by atoms with Crippen LogP contribution in [0, 0.1) is 0 Å². The molecule has 0 spiro atoms. The molecule has 0 saturated heterocycles. The molecule has 1 aromatic rings. The molecule has 0 unspecified atom stereocenters. The second kappa shape index (κ2) is 6.53. The van der Waals surface area contributed by atoms with Crippen molar-refractivity contribution in [3.63, 3.8) is 0 Å². The van der Waals surface area contributed by atoms with E-state index in [9.17, 15) is 0 Å². The average Bonchev–Trinajstić information content (AvgIpc) is 2.20. The zero-order valence-electron chi connectivity index (χ0n) is 8.66. The van der Waals surface area contributed by atoms with E-state index in [0.29, 0.717) is 25.7 Å². The molecule has 1 N–H and O–H groups in total. The number of ether oxygens (including phenoxy) is 1. The molecule has 0 amide bonds. The van der Waals surface area contributed by atoms with Crippen molar-refractivity contribution in [3.05, 3.63) is 29.0 Å². The van der Waals surface area contributed by atoms with Crippen molar-refractivity contribution < 1.29 is 4.74 Å². The predicted molar refractivity (Wildman–Crippen MR) is 63.9 cm³/mol. The third-order valence-electron chi connectivity index (χ3n) is 1.50. The second-order valence-electron chi connectivity index (χ2n) is 3.16. The van der Waals surface area contributed by atoms with E-state index in [0.717, 1.165) is 10.0 Å². The zero-order chi connectivity index (χ0) is 11.1. The van der Waals surface area contributed by atoms with Crippen molar-refractivity contribution in [2.24, 2.45) is 0 Å². The van der Waals surface area contributed by atoms with Gasteiger partial charge >= 0.3 is 0 Å². The normalized spacial score (nSPS) is 10.0. The number of hydrogen-bond donors (Lipinski definition) is 1. The summed E-state index contributed by atoms with van der Waals surface area (Å²) in [6, 6.07) is 0. The molecular formula is C10H14BrN3O. The molecule has 15 heavy (non-hydrogen) atoms. The lowest BCUT2D eigenvalue weighted by Crippen LogP contribution is -2.11. The number of rotatable bonds is 6. The van der Waals surface area contributed by atoms with E-state index in [2.05, 4.69) is 37.8 Å². The first-order valence-corrected chi connectivity index (χ1v) is 5.41. The van der Waals surface area contributed by atoms with Crippen LogP contribution in [0.25, 0.3) is 0 Å². The standard InChI is InChI=1S/C10H14BrN3O/c1-8(2)7-15-4-3-12-10-13-5-9(11)6-14-10/h5-6H,1,3-4,7H2,2H3,(H,12,13,14). The highest BCUT2D eigenvalue weighted by Crippen LogP contribution is 2.06. The van der Waals surface area contributed by atoms with Gasteiger partial charge in [0.1, 0.15) is 0 Å². The predicted octanol–water partition coefficient (Wildman–Crippen LogP) is 2.24. The average molecular weight is 272 g/mol. The molecule has 1 aromatic heterocycles. The summed E-state index contributed by atoms with van der Waals surface area (Å²) in [5.41, 5.74) is 1.02. The van der Waals surface area contributed by atoms with Crippen molar-refractivity contribution in [3.8, 4) is 0 Å². The molecule has 4 nitrogen and oxygen atoms in total. The quantitative estimate of drug-likeness (QED) is 0.637. The Labute approximate surface area is 97.9 Å². The van der Waals surface area contributed by atoms with Crippen molar-refractivity contribution in [2.75, 3.05) is 25.1 Å². The highest BCUT2D eigenvalue weighted by Gasteiger charge is 1.94. The summed E-state index contributed by atoms with van der Waals surface area (Å²) < 4.78 is 6.18. The van der Waals surface area contributed by atoms with Crippen molar-refractivity contribution in [1.82, 2.24) is 9.97 Å². The molecular weight excluding hydrogens is 258 g/mol. The number of halogens is 1. The van der Waals surface area contributed by atoms with E-state index in [4.69, 9.17) is 4.74 Å². The maximum atomic E-state index is 5.31. The van der Waals surface area contributed by atoms with Crippen LogP contribution in [0.4, 0.5) is 5.95 Å². The molecule has 0 atom stereocenters. The molecule has 0 aliphatic carbocycles. The van der Waals surface area contributed by atoms with Gasteiger partial charge in [-0.3, -0.25) is 0 Å². The maximum Gasteiger partial charge on any atom is 0.222 e. The summed E-state index contributed by atoms with van der Waals surface area (Å²) in [5.74, 6) is 0.608. The smallest absolute Gasteiger partial charge is 0.222 e. The Morgan fingerprint density at radius 1 is 1.53 bits per heavy atom. The number of nitrogens with zero attached hydrogens (tertiary/aromatic N) is 2. The van der Waals surface area contributed by atoms with E-state index in [1.165, 1.54) is 0 Å². The molecule has 82 valence electrons. The second-order valence-corrected chi connectivity index (χ2v) is 4.08. The molecule has 0 aromatic carbocycles. The molecule has 1 rings (SSSR count). The Morgan fingerprint density at radius 3 is 2.80 bits per heavy atom.